The average molecular weight is 247 g/mol. The van der Waals surface area contributed by atoms with Crippen molar-refractivity contribution in [2.24, 2.45) is 0 Å². The smallest absolute Gasteiger partial charge is 0.258 e. The second-order valence-electron chi connectivity index (χ2n) is 4.47. The maximum Gasteiger partial charge on any atom is 0.258 e. The number of amides is 1. The summed E-state index contributed by atoms with van der Waals surface area (Å²) >= 11 is 0. The number of benzene rings is 1. The van der Waals surface area contributed by atoms with Gasteiger partial charge in [0.2, 0.25) is 0 Å². The molecule has 0 aliphatic carbocycles. The average Bonchev–Trinajstić information content (AvgIpc) is 2.87. The Morgan fingerprint density at radius 3 is 2.72 bits per heavy atom. The zero-order valence-electron chi connectivity index (χ0n) is 10.7. The third-order valence-corrected chi connectivity index (χ3v) is 3.32. The van der Waals surface area contributed by atoms with Crippen LogP contribution in [0.4, 0.5) is 0 Å². The number of methoxy groups -OCH3 is 1. The van der Waals surface area contributed by atoms with Gasteiger partial charge in [0, 0.05) is 6.54 Å². The van der Waals surface area contributed by atoms with Gasteiger partial charge in [-0.1, -0.05) is 12.1 Å². The topological polar surface area (TPSA) is 46.6 Å². The molecule has 2 rings (SSSR count). The lowest BCUT2D eigenvalue weighted by atomic mass is 10.1. The van der Waals surface area contributed by atoms with Crippen LogP contribution in [-0.4, -0.2) is 36.3 Å². The molecule has 1 atom stereocenters. The lowest BCUT2D eigenvalue weighted by Gasteiger charge is -2.23. The number of likely N-dealkylation sites (tertiary alicyclic amines) is 1. The summed E-state index contributed by atoms with van der Waals surface area (Å²) in [7, 11) is 1.54. The van der Waals surface area contributed by atoms with Gasteiger partial charge in [0.05, 0.1) is 18.7 Å². The van der Waals surface area contributed by atoms with Gasteiger partial charge < -0.3 is 9.64 Å². The Labute approximate surface area is 107 Å². The van der Waals surface area contributed by atoms with Gasteiger partial charge in [-0.2, -0.15) is 0 Å². The van der Waals surface area contributed by atoms with E-state index in [0.29, 0.717) is 17.9 Å². The summed E-state index contributed by atoms with van der Waals surface area (Å²) in [4.78, 5) is 25.6. The maximum absolute atomic E-state index is 12.4. The number of rotatable bonds is 3. The summed E-state index contributed by atoms with van der Waals surface area (Å²) in [6.07, 6.45) is 1.64. The third kappa shape index (κ3) is 2.23. The molecule has 18 heavy (non-hydrogen) atoms. The summed E-state index contributed by atoms with van der Waals surface area (Å²) < 4.78 is 5.19. The predicted molar refractivity (Wildman–Crippen MR) is 67.7 cm³/mol. The fourth-order valence-corrected chi connectivity index (χ4v) is 2.41. The molecule has 1 fully saturated rings. The van der Waals surface area contributed by atoms with E-state index in [0.717, 1.165) is 12.8 Å². The predicted octanol–water partition coefficient (Wildman–Crippen LogP) is 1.89. The number of Topliss-reactive ketones (excluding diaryl/α,β-unsaturated/α-hetero) is 1. The molecule has 0 saturated carbocycles. The van der Waals surface area contributed by atoms with Gasteiger partial charge in [-0.3, -0.25) is 9.59 Å². The first-order valence-electron chi connectivity index (χ1n) is 6.09. The summed E-state index contributed by atoms with van der Waals surface area (Å²) in [6.45, 7) is 2.18. The van der Waals surface area contributed by atoms with Gasteiger partial charge in [0.1, 0.15) is 5.75 Å². The molecule has 1 aliphatic rings. The number of carbonyl (C=O) groups excluding carboxylic acids is 2. The first-order chi connectivity index (χ1) is 8.65. The molecule has 4 heteroatoms. The van der Waals surface area contributed by atoms with Crippen LogP contribution >= 0.6 is 0 Å². The molecule has 1 aliphatic heterocycles. The number of hydrogen-bond donors (Lipinski definition) is 0. The van der Waals surface area contributed by atoms with Crippen molar-refractivity contribution >= 4 is 11.7 Å². The van der Waals surface area contributed by atoms with Crippen molar-refractivity contribution in [3.8, 4) is 5.75 Å². The van der Waals surface area contributed by atoms with Crippen molar-refractivity contribution in [2.75, 3.05) is 13.7 Å². The van der Waals surface area contributed by atoms with Crippen LogP contribution in [0.15, 0.2) is 24.3 Å². The third-order valence-electron chi connectivity index (χ3n) is 3.32. The van der Waals surface area contributed by atoms with Crippen molar-refractivity contribution < 1.29 is 14.3 Å². The van der Waals surface area contributed by atoms with E-state index in [1.54, 1.807) is 37.1 Å². The number of para-hydroxylation sites is 1. The van der Waals surface area contributed by atoms with Gasteiger partial charge in [-0.25, -0.2) is 0 Å². The zero-order valence-corrected chi connectivity index (χ0v) is 10.7. The molecule has 0 bridgehead atoms. The van der Waals surface area contributed by atoms with Gasteiger partial charge >= 0.3 is 0 Å². The number of hydrogen-bond acceptors (Lipinski definition) is 3. The van der Waals surface area contributed by atoms with Crippen molar-refractivity contribution in [2.45, 2.75) is 25.8 Å². The molecule has 1 amide bonds. The Bertz CT molecular complexity index is 470. The minimum absolute atomic E-state index is 0.0516. The first kappa shape index (κ1) is 12.6. The molecule has 1 aromatic rings. The monoisotopic (exact) mass is 247 g/mol. The van der Waals surface area contributed by atoms with Crippen molar-refractivity contribution in [1.29, 1.82) is 0 Å². The molecule has 1 saturated heterocycles. The van der Waals surface area contributed by atoms with Crippen LogP contribution in [0.1, 0.15) is 30.1 Å². The fraction of sp³-hybridized carbons (Fsp3) is 0.429. The lowest BCUT2D eigenvalue weighted by molar-refractivity contribution is -0.120. The summed E-state index contributed by atoms with van der Waals surface area (Å²) in [5.74, 6) is 0.484. The normalized spacial score (nSPS) is 18.8. The molecule has 0 spiro atoms. The van der Waals surface area contributed by atoms with Crippen LogP contribution in [0.5, 0.6) is 5.75 Å². The summed E-state index contributed by atoms with van der Waals surface area (Å²) in [5.41, 5.74) is 0.521. The Morgan fingerprint density at radius 2 is 2.06 bits per heavy atom. The maximum atomic E-state index is 12.4. The number of ether oxygens (including phenoxy) is 1. The SMILES string of the molecule is COc1ccccc1C(=O)N1CCC[C@H]1C(C)=O. The minimum atomic E-state index is -0.276. The van der Waals surface area contributed by atoms with Crippen molar-refractivity contribution in [3.63, 3.8) is 0 Å². The van der Waals surface area contributed by atoms with Gasteiger partial charge in [0.25, 0.3) is 5.91 Å². The van der Waals surface area contributed by atoms with E-state index in [4.69, 9.17) is 4.74 Å². The zero-order chi connectivity index (χ0) is 13.1. The van der Waals surface area contributed by atoms with E-state index in [-0.39, 0.29) is 17.7 Å². The second kappa shape index (κ2) is 5.21. The van der Waals surface area contributed by atoms with Gasteiger partial charge in [0.15, 0.2) is 5.78 Å². The highest BCUT2D eigenvalue weighted by Gasteiger charge is 2.33. The van der Waals surface area contributed by atoms with E-state index in [1.165, 1.54) is 0 Å². The Kier molecular flexibility index (Phi) is 3.65. The van der Waals surface area contributed by atoms with Crippen molar-refractivity contribution in [1.82, 2.24) is 4.90 Å². The highest BCUT2D eigenvalue weighted by atomic mass is 16.5. The number of nitrogens with zero attached hydrogens (tertiary/aromatic N) is 1. The standard InChI is InChI=1S/C14H17NO3/c1-10(16)12-7-5-9-15(12)14(17)11-6-3-4-8-13(11)18-2/h3-4,6,8,12H,5,7,9H2,1-2H3/t12-/m0/s1. The second-order valence-corrected chi connectivity index (χ2v) is 4.47. The fourth-order valence-electron chi connectivity index (χ4n) is 2.41. The quantitative estimate of drug-likeness (QED) is 0.819. The van der Waals surface area contributed by atoms with Crippen LogP contribution in [0, 0.1) is 0 Å². The van der Waals surface area contributed by atoms with Gasteiger partial charge in [-0.05, 0) is 31.9 Å². The van der Waals surface area contributed by atoms with E-state index in [9.17, 15) is 9.59 Å². The molecule has 0 unspecified atom stereocenters. The molecular weight excluding hydrogens is 230 g/mol. The molecule has 96 valence electrons. The molecular formula is C14H17NO3. The first-order valence-corrected chi connectivity index (χ1v) is 6.09. The highest BCUT2D eigenvalue weighted by molar-refractivity contribution is 6.00. The number of carbonyl (C=O) groups is 2. The number of ketones is 1. The largest absolute Gasteiger partial charge is 0.496 e. The Hall–Kier alpha value is -1.84. The van der Waals surface area contributed by atoms with Gasteiger partial charge in [-0.15, -0.1) is 0 Å². The van der Waals surface area contributed by atoms with Crippen LogP contribution in [0.2, 0.25) is 0 Å². The minimum Gasteiger partial charge on any atom is -0.496 e. The van der Waals surface area contributed by atoms with E-state index in [1.807, 2.05) is 6.07 Å². The summed E-state index contributed by atoms with van der Waals surface area (Å²) in [6, 6.07) is 6.83. The lowest BCUT2D eigenvalue weighted by Crippen LogP contribution is -2.39. The van der Waals surface area contributed by atoms with Crippen molar-refractivity contribution in [3.05, 3.63) is 29.8 Å². The molecule has 0 radical (unpaired) electrons. The molecule has 0 aromatic heterocycles. The molecule has 1 aromatic carbocycles. The van der Waals surface area contributed by atoms with Crippen LogP contribution in [-0.2, 0) is 4.79 Å². The summed E-state index contributed by atoms with van der Waals surface area (Å²) in [5, 5.41) is 0. The van der Waals surface area contributed by atoms with Crippen LogP contribution in [0.25, 0.3) is 0 Å². The highest BCUT2D eigenvalue weighted by Crippen LogP contribution is 2.25. The van der Waals surface area contributed by atoms with Crippen LogP contribution < -0.4 is 4.74 Å². The Morgan fingerprint density at radius 1 is 1.33 bits per heavy atom. The Balaban J connectivity index is 2.28. The molecule has 4 nitrogen and oxygen atoms in total. The van der Waals surface area contributed by atoms with Crippen LogP contribution in [0.3, 0.4) is 0 Å². The van der Waals surface area contributed by atoms with E-state index >= 15 is 0 Å². The van der Waals surface area contributed by atoms with E-state index < -0.39 is 0 Å². The molecule has 1 heterocycles. The molecule has 0 N–H and O–H groups in total. The van der Waals surface area contributed by atoms with E-state index in [2.05, 4.69) is 0 Å².